The fraction of sp³-hybridized carbons (Fsp3) is 0.265. The van der Waals surface area contributed by atoms with Crippen molar-refractivity contribution in [1.82, 2.24) is 0 Å². The normalized spacial score (nSPS) is 24.4. The largest absolute Gasteiger partial charge is 0.341 e. The van der Waals surface area contributed by atoms with Crippen LogP contribution in [0.2, 0.25) is 0 Å². The van der Waals surface area contributed by atoms with E-state index in [0.29, 0.717) is 0 Å². The van der Waals surface area contributed by atoms with Crippen molar-refractivity contribution in [3.8, 4) is 11.1 Å². The molecular weight excluding hydrogens is 700 g/mol. The third-order valence-corrected chi connectivity index (χ3v) is 12.8. The van der Waals surface area contributed by atoms with E-state index < -0.39 is 37.8 Å². The topological polar surface area (TPSA) is 46.2 Å². The zero-order chi connectivity index (χ0) is 37.3. The molecule has 1 aliphatic carbocycles. The first-order valence-corrected chi connectivity index (χ1v) is 20.6. The van der Waals surface area contributed by atoms with Crippen LogP contribution in [0, 0.1) is 0 Å². The molecule has 2 heterocycles. The van der Waals surface area contributed by atoms with Crippen molar-refractivity contribution >= 4 is 8.60 Å². The Kier molecular flexibility index (Phi) is 10.0. The Morgan fingerprint density at radius 3 is 1.29 bits per heavy atom. The molecule has 0 amide bonds. The molecule has 0 bridgehead atoms. The highest BCUT2D eigenvalue weighted by Gasteiger charge is 2.67. The van der Waals surface area contributed by atoms with Crippen LogP contribution in [-0.2, 0) is 34.2 Å². The van der Waals surface area contributed by atoms with Gasteiger partial charge in [-0.25, -0.2) is 0 Å². The van der Waals surface area contributed by atoms with E-state index >= 15 is 0 Å². The van der Waals surface area contributed by atoms with Gasteiger partial charge in [-0.15, -0.1) is 0 Å². The highest BCUT2D eigenvalue weighted by molar-refractivity contribution is 7.41. The summed E-state index contributed by atoms with van der Waals surface area (Å²) in [7, 11) is -2.07. The summed E-state index contributed by atoms with van der Waals surface area (Å²) < 4.78 is 37.0. The third-order valence-electron chi connectivity index (χ3n) is 11.5. The Morgan fingerprint density at radius 2 is 0.855 bits per heavy atom. The fourth-order valence-electron chi connectivity index (χ4n) is 8.97. The van der Waals surface area contributed by atoms with Crippen LogP contribution < -0.4 is 0 Å². The average Bonchev–Trinajstić information content (AvgIpc) is 3.53. The second-order valence-electron chi connectivity index (χ2n) is 15.3. The van der Waals surface area contributed by atoms with Crippen molar-refractivity contribution < 1.29 is 23.0 Å². The first kappa shape index (κ1) is 36.2. The number of ether oxygens (including phenoxy) is 2. The van der Waals surface area contributed by atoms with Crippen LogP contribution in [0.25, 0.3) is 11.1 Å². The number of fused-ring (bicyclic) bond motifs is 1. The van der Waals surface area contributed by atoms with Crippen LogP contribution in [0.15, 0.2) is 176 Å². The van der Waals surface area contributed by atoms with Crippen molar-refractivity contribution in [1.29, 1.82) is 0 Å². The molecule has 0 spiro atoms. The maximum absolute atomic E-state index is 7.66. The predicted octanol–water partition coefficient (Wildman–Crippen LogP) is 12.1. The van der Waals surface area contributed by atoms with E-state index in [-0.39, 0.29) is 12.0 Å². The highest BCUT2D eigenvalue weighted by Crippen LogP contribution is 2.66. The Hall–Kier alpha value is -4.45. The molecule has 6 aromatic carbocycles. The Balaban J connectivity index is 1.22. The van der Waals surface area contributed by atoms with Crippen LogP contribution in [0.1, 0.15) is 73.3 Å². The van der Waals surface area contributed by atoms with Gasteiger partial charge in [0.25, 0.3) is 0 Å². The molecule has 9 rings (SSSR count). The molecule has 0 N–H and O–H groups in total. The monoisotopic (exact) mass is 746 g/mol. The molecule has 3 aliphatic rings. The van der Waals surface area contributed by atoms with E-state index in [1.165, 1.54) is 16.7 Å². The molecule has 278 valence electrons. The van der Waals surface area contributed by atoms with Gasteiger partial charge >= 0.3 is 8.60 Å². The van der Waals surface area contributed by atoms with Gasteiger partial charge in [0.15, 0.2) is 17.0 Å². The quantitative estimate of drug-likeness (QED) is 0.145. The van der Waals surface area contributed by atoms with Crippen molar-refractivity contribution in [2.75, 3.05) is 0 Å². The zero-order valence-electron chi connectivity index (χ0n) is 31.4. The van der Waals surface area contributed by atoms with Crippen molar-refractivity contribution in [3.05, 3.63) is 204 Å². The molecule has 4 atom stereocenters. The number of benzene rings is 6. The first-order valence-electron chi connectivity index (χ1n) is 19.5. The van der Waals surface area contributed by atoms with Gasteiger partial charge < -0.3 is 14.0 Å². The number of hydrogen-bond acceptors (Lipinski definition) is 5. The molecule has 6 heteroatoms. The van der Waals surface area contributed by atoms with E-state index in [9.17, 15) is 0 Å². The minimum Gasteiger partial charge on any atom is -0.341 e. The summed E-state index contributed by atoms with van der Waals surface area (Å²) in [6.45, 7) is 3.97. The molecule has 1 saturated carbocycles. The molecule has 6 aromatic rings. The van der Waals surface area contributed by atoms with E-state index in [1.54, 1.807) is 0 Å². The van der Waals surface area contributed by atoms with Crippen molar-refractivity contribution in [2.24, 2.45) is 0 Å². The average molecular weight is 747 g/mol. The lowest BCUT2D eigenvalue weighted by Gasteiger charge is -2.41. The van der Waals surface area contributed by atoms with Gasteiger partial charge in [-0.2, -0.15) is 0 Å². The van der Waals surface area contributed by atoms with Gasteiger partial charge in [0.05, 0.1) is 6.10 Å². The smallest absolute Gasteiger partial charge is 0.335 e. The molecule has 5 nitrogen and oxygen atoms in total. The summed E-state index contributed by atoms with van der Waals surface area (Å²) in [6.07, 6.45) is 2.72. The molecule has 0 radical (unpaired) electrons. The summed E-state index contributed by atoms with van der Waals surface area (Å²) in [5, 5.41) is 0. The van der Waals surface area contributed by atoms with Crippen molar-refractivity contribution in [3.63, 3.8) is 0 Å². The van der Waals surface area contributed by atoms with Crippen LogP contribution in [0.5, 0.6) is 0 Å². The molecule has 2 saturated heterocycles. The molecule has 3 fully saturated rings. The summed E-state index contributed by atoms with van der Waals surface area (Å²) in [5.41, 5.74) is 5.18. The predicted molar refractivity (Wildman–Crippen MR) is 218 cm³/mol. The molecular formula is C49H47O5P. The summed E-state index contributed by atoms with van der Waals surface area (Å²) in [6, 6.07) is 61.2. The summed E-state index contributed by atoms with van der Waals surface area (Å²) in [4.78, 5) is 0. The van der Waals surface area contributed by atoms with E-state index in [0.717, 1.165) is 47.9 Å². The Labute approximate surface area is 326 Å². The minimum absolute atomic E-state index is 0.132. The second-order valence-corrected chi connectivity index (χ2v) is 16.4. The Bertz CT molecular complexity index is 1960. The van der Waals surface area contributed by atoms with Gasteiger partial charge in [-0.3, -0.25) is 9.05 Å². The molecule has 2 aliphatic heterocycles. The van der Waals surface area contributed by atoms with Crippen LogP contribution in [0.3, 0.4) is 0 Å². The van der Waals surface area contributed by atoms with E-state index in [1.807, 2.05) is 38.1 Å². The van der Waals surface area contributed by atoms with Crippen LogP contribution >= 0.6 is 8.60 Å². The third kappa shape index (κ3) is 6.78. The van der Waals surface area contributed by atoms with E-state index in [2.05, 4.69) is 152 Å². The van der Waals surface area contributed by atoms with Crippen LogP contribution in [-0.4, -0.2) is 24.1 Å². The van der Waals surface area contributed by atoms with Gasteiger partial charge in [0.2, 0.25) is 0 Å². The van der Waals surface area contributed by atoms with Gasteiger partial charge in [0, 0.05) is 5.92 Å². The van der Waals surface area contributed by atoms with Crippen molar-refractivity contribution in [2.45, 2.75) is 80.7 Å². The minimum atomic E-state index is -2.07. The molecule has 0 unspecified atom stereocenters. The van der Waals surface area contributed by atoms with Gasteiger partial charge in [0.1, 0.15) is 12.2 Å². The lowest BCUT2D eigenvalue weighted by atomic mass is 9.72. The lowest BCUT2D eigenvalue weighted by molar-refractivity contribution is -0.177. The zero-order valence-corrected chi connectivity index (χ0v) is 32.3. The number of hydrogen-bond donors (Lipinski definition) is 0. The SMILES string of the molecule is CC1(C)O[C@H]2[C@H](O1)C(c1ccccc1)(c1ccccc1)OP(O[C@H]1CCCC[C@@H]1c1ccc(-c3ccccc3)cc1)OC2(c1ccccc1)c1ccccc1. The lowest BCUT2D eigenvalue weighted by Crippen LogP contribution is -2.53. The molecule has 0 aromatic heterocycles. The first-order chi connectivity index (χ1) is 27.0. The maximum Gasteiger partial charge on any atom is 0.335 e. The maximum atomic E-state index is 7.66. The summed E-state index contributed by atoms with van der Waals surface area (Å²) >= 11 is 0. The number of rotatable bonds is 8. The Morgan fingerprint density at radius 1 is 0.473 bits per heavy atom. The van der Waals surface area contributed by atoms with Gasteiger partial charge in [-0.05, 0) is 65.6 Å². The second kappa shape index (κ2) is 15.2. The van der Waals surface area contributed by atoms with E-state index in [4.69, 9.17) is 23.0 Å². The highest BCUT2D eigenvalue weighted by atomic mass is 31.2. The fourth-order valence-corrected chi connectivity index (χ4v) is 10.7. The van der Waals surface area contributed by atoms with Crippen LogP contribution in [0.4, 0.5) is 0 Å². The summed E-state index contributed by atoms with van der Waals surface area (Å²) in [5.74, 6) is -0.777. The standard InChI is InChI=1S/C49H47O5P/c1-47(2)50-45-46(51-47)49(41-26-14-6-15-27-41,42-28-16-7-17-29-42)54-55(53-48(45,39-22-10-4-11-23-39)40-24-12-5-13-25-40)52-44-31-19-18-30-43(44)38-34-32-37(33-35-38)36-20-8-3-9-21-36/h3-17,20-29,32-35,43-46H,18-19,30-31H2,1-2H3/t43-,44+,45+,46+/m1/s1. The van der Waals surface area contributed by atoms with Gasteiger partial charge in [-0.1, -0.05) is 189 Å². The molecule has 55 heavy (non-hydrogen) atoms.